The lowest BCUT2D eigenvalue weighted by Gasteiger charge is -2.40. The van der Waals surface area contributed by atoms with Gasteiger partial charge in [0.05, 0.1) is 75.6 Å². The molecule has 10 aliphatic rings. The first-order chi connectivity index (χ1) is 68.8. The number of aliphatic hydroxyl groups is 32. The number of aromatic amines is 2. The Morgan fingerprint density at radius 3 is 0.597 bits per heavy atom. The third kappa shape index (κ3) is 21.0. The van der Waals surface area contributed by atoms with Crippen LogP contribution < -0.4 is 37.9 Å². The monoisotopic (exact) mass is 2040 g/mol. The van der Waals surface area contributed by atoms with Crippen molar-refractivity contribution in [2.24, 2.45) is 0 Å². The lowest BCUT2D eigenvalue weighted by Crippen LogP contribution is -2.60. The van der Waals surface area contributed by atoms with Gasteiger partial charge in [-0.05, 0) is 120 Å². The summed E-state index contributed by atoms with van der Waals surface area (Å²) in [6, 6.07) is 20.8. The molecule has 17 rings (SSSR count). The van der Waals surface area contributed by atoms with Crippen LogP contribution in [0.2, 0.25) is 0 Å². The third-order valence-electron chi connectivity index (χ3n) is 26.5. The van der Waals surface area contributed by atoms with E-state index in [1.807, 2.05) is 0 Å². The fourth-order valence-electron chi connectivity index (χ4n) is 18.5. The van der Waals surface area contributed by atoms with Gasteiger partial charge in [-0.15, -0.1) is 0 Å². The largest absolute Gasteiger partial charge is 0.462 e. The molecule has 3 aromatic heterocycles. The zero-order valence-corrected chi connectivity index (χ0v) is 75.3. The Bertz CT molecular complexity index is 5590. The van der Waals surface area contributed by atoms with E-state index in [1.54, 1.807) is 0 Å². The summed E-state index contributed by atoms with van der Waals surface area (Å²) in [4.78, 5) is 17.7. The quantitative estimate of drug-likeness (QED) is 0.0216. The van der Waals surface area contributed by atoms with Gasteiger partial charge < -0.3 is 249 Å². The molecule has 10 aliphatic heterocycles. The molecule has 0 saturated carbocycles. The first kappa shape index (κ1) is 106. The molecule has 4 aromatic carbocycles. The zero-order valence-electron chi connectivity index (χ0n) is 75.3. The van der Waals surface area contributed by atoms with Gasteiger partial charge in [-0.2, -0.15) is 0 Å². The summed E-state index contributed by atoms with van der Waals surface area (Å²) in [7, 11) is 0. The standard InChI is InChI=1S/C92H112N4O48/c97-21-49-61(105)69(113)77(121)85(137-49)129-33-9-29(10-34(17-33)130-86-78(122)70(114)62(106)50(22-98)138-86)57-41-1-2-42(93-41)58(30-11-35(131-87-79(123)71(115)63(107)51(23-99)139-87)18-36(12-30)132-88-80(124)72(116)64(108)52(24-100)140-88)44-5-6-46(95-44)60(32-15-39(135-91-83(127)75(119)67(111)55(27-103)143-91)20-40(16-32)136-92-84(128)76(120)68(112)56(28-104)144-92)48-8-7-47(96-48)59(45-4-3-43(57)94-45)31-13-37(133-89-81(125)73(117)65(109)53(25-101)141-89)19-38(14-31)134-90-82(126)74(118)66(110)54(26-102)142-90/h1-6,9-20,49-56,61-94,97-128H,7-8,21-28H2/t49-,50-,51+,52+,53-,54-,55-,56-,61-,62-,63+,64+,65-,66-,67-,68-,69+,70+,71-,72-,73+,74+,75+,76+,77-,78-,79+,80+,81-,82-,83-,84-,85-,86-,87+,88+,89-,90-,91-,92-/m1/s1. The maximum Gasteiger partial charge on any atom is 0.229 e. The second-order valence-electron chi connectivity index (χ2n) is 36.1. The Labute approximate surface area is 811 Å². The van der Waals surface area contributed by atoms with Crippen LogP contribution in [-0.2, 0) is 50.7 Å². The molecular formula is C92H112N4O48. The summed E-state index contributed by atoms with van der Waals surface area (Å²) in [6.07, 6.45) is -75.4. The normalized spacial score (nSPS) is 37.8. The molecule has 52 nitrogen and oxygen atoms in total. The molecule has 8 saturated heterocycles. The number of rotatable bonds is 28. The van der Waals surface area contributed by atoms with Crippen LogP contribution in [-0.4, -0.2) is 482 Å². The number of aromatic nitrogens is 4. The summed E-state index contributed by atoms with van der Waals surface area (Å²) in [6.45, 7) is -7.66. The predicted octanol–water partition coefficient (Wildman–Crippen LogP) is -11.6. The van der Waals surface area contributed by atoms with Crippen molar-refractivity contribution in [3.05, 3.63) is 120 Å². The molecule has 788 valence electrons. The number of aliphatic hydroxyl groups excluding tert-OH is 32. The summed E-state index contributed by atoms with van der Waals surface area (Å²) in [5.41, 5.74) is -0.884. The van der Waals surface area contributed by atoms with Crippen LogP contribution in [0.25, 0.3) is 78.7 Å². The van der Waals surface area contributed by atoms with Crippen molar-refractivity contribution in [1.29, 1.82) is 0 Å². The number of benzene rings is 4. The molecule has 7 aromatic rings. The van der Waals surface area contributed by atoms with Crippen molar-refractivity contribution in [3.63, 3.8) is 0 Å². The van der Waals surface area contributed by atoms with Crippen molar-refractivity contribution in [1.82, 2.24) is 19.9 Å². The average molecular weight is 2040 g/mol. The number of fused-ring (bicyclic) bond motifs is 8. The van der Waals surface area contributed by atoms with E-state index in [9.17, 15) is 163 Å². The van der Waals surface area contributed by atoms with Crippen LogP contribution in [0.1, 0.15) is 22.8 Å². The smallest absolute Gasteiger partial charge is 0.229 e. The lowest BCUT2D eigenvalue weighted by atomic mass is 9.98. The van der Waals surface area contributed by atoms with Gasteiger partial charge in [0, 0.05) is 68.6 Å². The number of ether oxygens (including phenoxy) is 16. The minimum absolute atomic E-state index is 0.00516. The van der Waals surface area contributed by atoms with Crippen LogP contribution in [0.3, 0.4) is 0 Å². The topological polar surface area (TPSA) is 852 Å². The third-order valence-corrected chi connectivity index (χ3v) is 26.5. The van der Waals surface area contributed by atoms with Crippen LogP contribution >= 0.6 is 0 Å². The molecule has 0 amide bonds. The van der Waals surface area contributed by atoms with Gasteiger partial charge in [0.15, 0.2) is 0 Å². The molecule has 34 N–H and O–H groups in total. The summed E-state index contributed by atoms with van der Waals surface area (Å²) in [5.74, 6) is -3.21. The van der Waals surface area contributed by atoms with Crippen molar-refractivity contribution < 1.29 is 239 Å². The maximum absolute atomic E-state index is 11.6. The Hall–Kier alpha value is -9.46. The van der Waals surface area contributed by atoms with Crippen LogP contribution in [0.15, 0.2) is 97.1 Å². The molecule has 13 heterocycles. The molecule has 0 radical (unpaired) electrons. The Morgan fingerprint density at radius 2 is 0.382 bits per heavy atom. The van der Waals surface area contributed by atoms with Gasteiger partial charge >= 0.3 is 0 Å². The lowest BCUT2D eigenvalue weighted by molar-refractivity contribution is -0.278. The van der Waals surface area contributed by atoms with Gasteiger partial charge in [-0.25, -0.2) is 4.98 Å². The van der Waals surface area contributed by atoms with Crippen molar-refractivity contribution in [2.45, 2.75) is 258 Å². The maximum atomic E-state index is 11.6. The first-order valence-electron chi connectivity index (χ1n) is 45.7. The van der Waals surface area contributed by atoms with E-state index in [1.165, 1.54) is 84.9 Å². The van der Waals surface area contributed by atoms with Gasteiger partial charge in [-0.1, -0.05) is 0 Å². The van der Waals surface area contributed by atoms with Crippen LogP contribution in [0, 0.1) is 0 Å². The van der Waals surface area contributed by atoms with Crippen LogP contribution in [0.5, 0.6) is 46.0 Å². The number of nitrogens with one attached hydrogen (secondary N) is 2. The molecule has 52 heteroatoms. The van der Waals surface area contributed by atoms with Crippen LogP contribution in [0.4, 0.5) is 0 Å². The fraction of sp³-hybridized carbons (Fsp3) is 0.543. The summed E-state index contributed by atoms with van der Waals surface area (Å²) < 4.78 is 97.6. The van der Waals surface area contributed by atoms with Gasteiger partial charge in [0.2, 0.25) is 50.3 Å². The van der Waals surface area contributed by atoms with Crippen molar-refractivity contribution in [3.8, 4) is 90.5 Å². The number of H-pyrrole nitrogens is 2. The number of aryl methyl sites for hydroxylation is 2. The van der Waals surface area contributed by atoms with E-state index < -0.39 is 344 Å². The van der Waals surface area contributed by atoms with E-state index in [0.717, 1.165) is 24.3 Å². The van der Waals surface area contributed by atoms with Gasteiger partial charge in [0.1, 0.15) is 241 Å². The van der Waals surface area contributed by atoms with Crippen molar-refractivity contribution >= 4 is 34.2 Å². The SMILES string of the molecule is OC[C@@H]1O[C@H](Oc2cc(O[C@H]3O[C@@H](CO)[C@H](O)[C@@H](O)[C@@H]3O)cc(-c3c4nc(c(-c5cc(O[C@@H]6O[C@H](CO)[C@@H](O)[C@H](O)[C@H]6O)cc(O[C@@H]6O[C@H](CO)[C@@H](O)[C@H](O)[C@H]6O)c5)c5nc(c(-c6cc(O[C@@H]7O[C@H](CO)[C@@H](O)[C@H](O)[C@H]7O)cc(O[C@@H]7O[C@H](CO)[C@@H](O)[C@H](O)[C@H]7O)c6)c6ccc([nH]6)c(-c6cc(O[C@@H]7O[C@H](CO)[C@@H](O)[C@H](O)[C@H]7O)cc(O[C@@H]7O[C@H](CO)[C@@H](O)[C@H](O)[C@H]7O)c6)c6ccc3[nH]6)CC5)C=C4)c2)[C@@H](O)[C@H](O)[C@H]1O. The average Bonchev–Trinajstić information content (AvgIpc) is 1.61. The highest BCUT2D eigenvalue weighted by molar-refractivity contribution is 5.99. The number of hydrogen-bond donors (Lipinski definition) is 34. The van der Waals surface area contributed by atoms with E-state index in [4.69, 9.17) is 85.8 Å². The minimum atomic E-state index is -2.13. The molecule has 0 unspecified atom stereocenters. The number of nitrogens with zero attached hydrogens (tertiary/aromatic N) is 2. The highest BCUT2D eigenvalue weighted by Crippen LogP contribution is 2.48. The highest BCUT2D eigenvalue weighted by atomic mass is 16.8. The molecular weight excluding hydrogens is 1930 g/mol. The summed E-state index contributed by atoms with van der Waals surface area (Å²) >= 11 is 0. The zero-order chi connectivity index (χ0) is 103. The molecule has 40 atom stereocenters. The minimum Gasteiger partial charge on any atom is -0.462 e. The number of hydrogen-bond acceptors (Lipinski definition) is 50. The Kier molecular flexibility index (Phi) is 32.5. The molecule has 144 heavy (non-hydrogen) atoms. The van der Waals surface area contributed by atoms with E-state index in [2.05, 4.69) is 9.97 Å². The predicted molar refractivity (Wildman–Crippen MR) is 474 cm³/mol. The Morgan fingerprint density at radius 1 is 0.208 bits per heavy atom. The Balaban J connectivity index is 0.986. The van der Waals surface area contributed by atoms with E-state index in [0.29, 0.717) is 0 Å². The molecule has 0 spiro atoms. The second kappa shape index (κ2) is 44.1. The second-order valence-corrected chi connectivity index (χ2v) is 36.1. The van der Waals surface area contributed by atoms with Gasteiger partial charge in [0.25, 0.3) is 0 Å². The fourth-order valence-corrected chi connectivity index (χ4v) is 18.5. The molecule has 0 aliphatic carbocycles. The first-order valence-corrected chi connectivity index (χ1v) is 45.7. The van der Waals surface area contributed by atoms with E-state index in [-0.39, 0.29) is 102 Å². The van der Waals surface area contributed by atoms with Crippen molar-refractivity contribution in [2.75, 3.05) is 52.9 Å². The molecule has 8 fully saturated rings. The highest BCUT2D eigenvalue weighted by Gasteiger charge is 2.54. The van der Waals surface area contributed by atoms with E-state index >= 15 is 0 Å². The molecule has 8 bridgehead atoms. The summed E-state index contributed by atoms with van der Waals surface area (Å²) in [5, 5.41) is 354. The van der Waals surface area contributed by atoms with Gasteiger partial charge in [-0.3, -0.25) is 4.98 Å².